The maximum Gasteiger partial charge on any atom is 0.231 e. The lowest BCUT2D eigenvalue weighted by Gasteiger charge is -2.20. The topological polar surface area (TPSA) is 85.2 Å². The molecule has 0 spiro atoms. The summed E-state index contributed by atoms with van der Waals surface area (Å²) >= 11 is 0. The summed E-state index contributed by atoms with van der Waals surface area (Å²) in [7, 11) is 7.48. The average Bonchev–Trinajstić information content (AvgIpc) is 3.50. The van der Waals surface area contributed by atoms with Gasteiger partial charge in [0, 0.05) is 42.4 Å². The largest absolute Gasteiger partial charge is 0.494 e. The molecule has 1 aliphatic rings. The van der Waals surface area contributed by atoms with Crippen LogP contribution in [0.2, 0.25) is 0 Å². The fraction of sp³-hybridized carbons (Fsp3) is 0.308. The molecule has 8 nitrogen and oxygen atoms in total. The molecule has 0 atom stereocenters. The zero-order chi connectivity index (χ0) is 23.9. The molecule has 1 N–H and O–H groups in total. The number of hydrogen-bond acceptors (Lipinski definition) is 6. The molecule has 8 heteroatoms. The van der Waals surface area contributed by atoms with Gasteiger partial charge in [-0.3, -0.25) is 9.48 Å². The van der Waals surface area contributed by atoms with Crippen molar-refractivity contribution >= 4 is 22.5 Å². The van der Waals surface area contributed by atoms with Crippen LogP contribution >= 0.6 is 0 Å². The monoisotopic (exact) mass is 456 g/mol. The van der Waals surface area contributed by atoms with Gasteiger partial charge in [0.05, 0.1) is 29.4 Å². The van der Waals surface area contributed by atoms with Crippen LogP contribution in [-0.2, 0) is 11.8 Å². The van der Waals surface area contributed by atoms with Crippen LogP contribution in [0, 0.1) is 5.41 Å². The molecule has 2 heterocycles. The van der Waals surface area contributed by atoms with Crippen molar-refractivity contribution in [3.05, 3.63) is 55.0 Å². The van der Waals surface area contributed by atoms with E-state index in [-0.39, 0.29) is 11.3 Å². The smallest absolute Gasteiger partial charge is 0.231 e. The standard InChI is InChI=1S/C26H28N6O2/c1-31(2)15-26(10-11-26)25(33)29-21-12-18-20(13-22(21)34-4)27-16-28-24(18)19-14-32(3)30-23(19)17-8-6-5-7-9-17/h5-9,12-14,16H,10-11,15H2,1-4H3,(H,29,33). The predicted octanol–water partition coefficient (Wildman–Crippen LogP) is 3.99. The summed E-state index contributed by atoms with van der Waals surface area (Å²) in [6, 6.07) is 13.8. The molecular weight excluding hydrogens is 428 g/mol. The Balaban J connectivity index is 1.60. The van der Waals surface area contributed by atoms with Crippen LogP contribution in [0.15, 0.2) is 55.0 Å². The maximum absolute atomic E-state index is 13.2. The Hall–Kier alpha value is -3.78. The molecule has 2 aromatic carbocycles. The van der Waals surface area contributed by atoms with Crippen molar-refractivity contribution in [3.8, 4) is 28.3 Å². The third-order valence-electron chi connectivity index (χ3n) is 6.29. The number of nitrogens with zero attached hydrogens (tertiary/aromatic N) is 5. The van der Waals surface area contributed by atoms with Crippen molar-refractivity contribution in [2.75, 3.05) is 33.1 Å². The number of ether oxygens (including phenoxy) is 1. The molecule has 4 aromatic rings. The molecule has 0 unspecified atom stereocenters. The second-order valence-electron chi connectivity index (χ2n) is 9.20. The summed E-state index contributed by atoms with van der Waals surface area (Å²) in [5, 5.41) is 8.64. The molecule has 1 saturated carbocycles. The van der Waals surface area contributed by atoms with Gasteiger partial charge in [0.2, 0.25) is 5.91 Å². The minimum absolute atomic E-state index is 0.0172. The first-order chi connectivity index (χ1) is 16.4. The first-order valence-corrected chi connectivity index (χ1v) is 11.3. The number of rotatable bonds is 7. The Bertz CT molecular complexity index is 1360. The van der Waals surface area contributed by atoms with E-state index < -0.39 is 0 Å². The van der Waals surface area contributed by atoms with Gasteiger partial charge < -0.3 is 15.0 Å². The lowest BCUT2D eigenvalue weighted by molar-refractivity contribution is -0.121. The zero-order valence-electron chi connectivity index (χ0n) is 19.9. The van der Waals surface area contributed by atoms with E-state index in [1.165, 1.54) is 0 Å². The number of amides is 1. The van der Waals surface area contributed by atoms with Gasteiger partial charge in [-0.1, -0.05) is 30.3 Å². The highest BCUT2D eigenvalue weighted by molar-refractivity contribution is 6.03. The van der Waals surface area contributed by atoms with E-state index >= 15 is 0 Å². The Kier molecular flexibility index (Phi) is 5.53. The van der Waals surface area contributed by atoms with Gasteiger partial charge in [0.25, 0.3) is 0 Å². The van der Waals surface area contributed by atoms with E-state index in [0.29, 0.717) is 11.4 Å². The van der Waals surface area contributed by atoms with Crippen molar-refractivity contribution in [1.29, 1.82) is 0 Å². The third-order valence-corrected chi connectivity index (χ3v) is 6.29. The van der Waals surface area contributed by atoms with Crippen molar-refractivity contribution in [2.45, 2.75) is 12.8 Å². The first kappa shape index (κ1) is 22.0. The van der Waals surface area contributed by atoms with Crippen LogP contribution < -0.4 is 10.1 Å². The summed E-state index contributed by atoms with van der Waals surface area (Å²) in [5.74, 6) is 0.587. The molecule has 1 aliphatic carbocycles. The number of nitrogens with one attached hydrogen (secondary N) is 1. The number of fused-ring (bicyclic) bond motifs is 1. The molecule has 0 bridgehead atoms. The number of methoxy groups -OCH3 is 1. The molecule has 0 saturated heterocycles. The van der Waals surface area contributed by atoms with E-state index in [1.807, 2.05) is 69.8 Å². The van der Waals surface area contributed by atoms with E-state index in [1.54, 1.807) is 18.1 Å². The van der Waals surface area contributed by atoms with Gasteiger partial charge in [-0.15, -0.1) is 0 Å². The second-order valence-corrected chi connectivity index (χ2v) is 9.20. The summed E-state index contributed by atoms with van der Waals surface area (Å²) in [4.78, 5) is 24.4. The van der Waals surface area contributed by atoms with Gasteiger partial charge in [0.1, 0.15) is 17.8 Å². The van der Waals surface area contributed by atoms with Crippen molar-refractivity contribution in [1.82, 2.24) is 24.6 Å². The van der Waals surface area contributed by atoms with Crippen LogP contribution in [0.25, 0.3) is 33.4 Å². The SMILES string of the molecule is COc1cc2ncnc(-c3cn(C)nc3-c3ccccc3)c2cc1NC(=O)C1(CN(C)C)CC1. The minimum atomic E-state index is -0.344. The van der Waals surface area contributed by atoms with Crippen molar-refractivity contribution in [2.24, 2.45) is 12.5 Å². The fourth-order valence-corrected chi connectivity index (χ4v) is 4.50. The first-order valence-electron chi connectivity index (χ1n) is 11.3. The Morgan fingerprint density at radius 2 is 1.91 bits per heavy atom. The third kappa shape index (κ3) is 4.01. The summed E-state index contributed by atoms with van der Waals surface area (Å²) in [6.45, 7) is 0.721. The zero-order valence-corrected chi connectivity index (χ0v) is 19.9. The Morgan fingerprint density at radius 1 is 1.15 bits per heavy atom. The second kappa shape index (κ2) is 8.53. The fourth-order valence-electron chi connectivity index (χ4n) is 4.50. The van der Waals surface area contributed by atoms with Crippen LogP contribution in [0.5, 0.6) is 5.75 Å². The number of hydrogen-bond donors (Lipinski definition) is 1. The van der Waals surface area contributed by atoms with Crippen LogP contribution in [-0.4, -0.2) is 58.3 Å². The van der Waals surface area contributed by atoms with Crippen molar-refractivity contribution < 1.29 is 9.53 Å². The average molecular weight is 457 g/mol. The van der Waals surface area contributed by atoms with Crippen LogP contribution in [0.4, 0.5) is 5.69 Å². The molecule has 1 fully saturated rings. The van der Waals surface area contributed by atoms with Gasteiger partial charge in [-0.2, -0.15) is 5.10 Å². The number of carbonyl (C=O) groups excluding carboxylic acids is 1. The van der Waals surface area contributed by atoms with E-state index in [0.717, 1.165) is 52.8 Å². The Morgan fingerprint density at radius 3 is 2.59 bits per heavy atom. The number of aromatic nitrogens is 4. The van der Waals surface area contributed by atoms with Gasteiger partial charge in [-0.25, -0.2) is 9.97 Å². The molecule has 34 heavy (non-hydrogen) atoms. The number of benzene rings is 2. The minimum Gasteiger partial charge on any atom is -0.494 e. The Labute approximate surface area is 198 Å². The highest BCUT2D eigenvalue weighted by Crippen LogP contribution is 2.47. The molecule has 174 valence electrons. The predicted molar refractivity (Wildman–Crippen MR) is 133 cm³/mol. The summed E-state index contributed by atoms with van der Waals surface area (Å²) in [5.41, 5.74) is 4.50. The van der Waals surface area contributed by atoms with Gasteiger partial charge >= 0.3 is 0 Å². The maximum atomic E-state index is 13.2. The molecule has 5 rings (SSSR count). The summed E-state index contributed by atoms with van der Waals surface area (Å²) < 4.78 is 7.40. The molecule has 2 aromatic heterocycles. The molecule has 0 radical (unpaired) electrons. The van der Waals surface area contributed by atoms with E-state index in [4.69, 9.17) is 9.84 Å². The molecular formula is C26H28N6O2. The number of anilines is 1. The van der Waals surface area contributed by atoms with Crippen LogP contribution in [0.3, 0.4) is 0 Å². The van der Waals surface area contributed by atoms with Crippen LogP contribution in [0.1, 0.15) is 12.8 Å². The number of carbonyl (C=O) groups is 1. The normalized spacial score (nSPS) is 14.4. The lowest BCUT2D eigenvalue weighted by Crippen LogP contribution is -2.33. The number of aryl methyl sites for hydroxylation is 1. The highest BCUT2D eigenvalue weighted by atomic mass is 16.5. The van der Waals surface area contributed by atoms with Gasteiger partial charge in [0.15, 0.2) is 0 Å². The van der Waals surface area contributed by atoms with Crippen molar-refractivity contribution in [3.63, 3.8) is 0 Å². The highest BCUT2D eigenvalue weighted by Gasteiger charge is 2.50. The molecule has 1 amide bonds. The quantitative estimate of drug-likeness (QED) is 0.453. The lowest BCUT2D eigenvalue weighted by atomic mass is 10.0. The van der Waals surface area contributed by atoms with E-state index in [9.17, 15) is 4.79 Å². The molecule has 0 aliphatic heterocycles. The summed E-state index contributed by atoms with van der Waals surface area (Å²) in [6.07, 6.45) is 5.28. The van der Waals surface area contributed by atoms with Gasteiger partial charge in [-0.05, 0) is 33.0 Å². The van der Waals surface area contributed by atoms with E-state index in [2.05, 4.69) is 20.2 Å².